The molecule has 0 spiro atoms. The fourth-order valence-electron chi connectivity index (χ4n) is 3.01. The van der Waals surface area contributed by atoms with Crippen molar-refractivity contribution in [3.63, 3.8) is 0 Å². The summed E-state index contributed by atoms with van der Waals surface area (Å²) >= 11 is 0. The molecular formula is C19H26N3O2S+. The molecule has 6 heteroatoms. The lowest BCUT2D eigenvalue weighted by molar-refractivity contribution is -0.880. The Balaban J connectivity index is 1.69. The molecule has 0 atom stereocenters. The molecule has 1 fully saturated rings. The molecule has 2 N–H and O–H groups in total. The van der Waals surface area contributed by atoms with Crippen LogP contribution in [0.15, 0.2) is 53.4 Å². The molecule has 1 aliphatic rings. The van der Waals surface area contributed by atoms with Gasteiger partial charge in [-0.2, -0.15) is 0 Å². The highest BCUT2D eigenvalue weighted by molar-refractivity contribution is 7.92. The number of aryl methyl sites for hydroxylation is 1. The number of nitrogens with one attached hydrogen (secondary N) is 2. The highest BCUT2D eigenvalue weighted by Crippen LogP contribution is 2.21. The smallest absolute Gasteiger partial charge is 0.261 e. The summed E-state index contributed by atoms with van der Waals surface area (Å²) in [7, 11) is -1.34. The van der Waals surface area contributed by atoms with E-state index < -0.39 is 10.0 Å². The summed E-state index contributed by atoms with van der Waals surface area (Å²) in [4.78, 5) is 4.18. The van der Waals surface area contributed by atoms with E-state index in [9.17, 15) is 8.42 Å². The zero-order valence-electron chi connectivity index (χ0n) is 14.8. The van der Waals surface area contributed by atoms with E-state index in [1.807, 2.05) is 43.3 Å². The highest BCUT2D eigenvalue weighted by Gasteiger charge is 2.17. The normalized spacial score (nSPS) is 16.0. The maximum atomic E-state index is 12.5. The van der Waals surface area contributed by atoms with Gasteiger partial charge in [0.15, 0.2) is 0 Å². The van der Waals surface area contributed by atoms with Gasteiger partial charge in [-0.25, -0.2) is 8.42 Å². The Bertz CT molecular complexity index is 794. The summed E-state index contributed by atoms with van der Waals surface area (Å²) in [5, 5.41) is 0. The Kier molecular flexibility index (Phi) is 5.30. The molecule has 25 heavy (non-hydrogen) atoms. The second-order valence-electron chi connectivity index (χ2n) is 6.59. The Morgan fingerprint density at radius 1 is 1.00 bits per heavy atom. The van der Waals surface area contributed by atoms with E-state index in [1.165, 1.54) is 0 Å². The van der Waals surface area contributed by atoms with Crippen molar-refractivity contribution in [2.75, 3.05) is 42.8 Å². The van der Waals surface area contributed by atoms with Gasteiger partial charge < -0.3 is 9.80 Å². The Labute approximate surface area is 150 Å². The van der Waals surface area contributed by atoms with Crippen molar-refractivity contribution in [1.82, 2.24) is 0 Å². The lowest BCUT2D eigenvalue weighted by Crippen LogP contribution is -3.12. The van der Waals surface area contributed by atoms with Crippen LogP contribution in [0.4, 0.5) is 11.4 Å². The van der Waals surface area contributed by atoms with Gasteiger partial charge in [0.25, 0.3) is 10.0 Å². The van der Waals surface area contributed by atoms with Crippen LogP contribution in [0.2, 0.25) is 0 Å². The molecule has 0 aliphatic carbocycles. The summed E-state index contributed by atoms with van der Waals surface area (Å²) in [5.41, 5.74) is 2.85. The third kappa shape index (κ3) is 4.32. The largest absolute Gasteiger partial charge is 0.360 e. The Morgan fingerprint density at radius 3 is 2.16 bits per heavy atom. The SMILES string of the molecule is CCc1ccc(S(=O)(=O)Nc2ccc(N3CC[NH+](C)CC3)cc2)cc1. The minimum Gasteiger partial charge on any atom is -0.360 e. The van der Waals surface area contributed by atoms with Crippen molar-refractivity contribution < 1.29 is 13.3 Å². The monoisotopic (exact) mass is 360 g/mol. The molecule has 1 aliphatic heterocycles. The van der Waals surface area contributed by atoms with Gasteiger partial charge in [-0.05, 0) is 48.4 Å². The fraction of sp³-hybridized carbons (Fsp3) is 0.368. The van der Waals surface area contributed by atoms with Crippen LogP contribution < -0.4 is 14.5 Å². The van der Waals surface area contributed by atoms with Crippen LogP contribution in [-0.4, -0.2) is 41.6 Å². The molecular weight excluding hydrogens is 334 g/mol. The van der Waals surface area contributed by atoms with Crippen LogP contribution in [0.5, 0.6) is 0 Å². The first-order chi connectivity index (χ1) is 12.0. The van der Waals surface area contributed by atoms with Gasteiger partial charge >= 0.3 is 0 Å². The van der Waals surface area contributed by atoms with E-state index in [-0.39, 0.29) is 4.90 Å². The summed E-state index contributed by atoms with van der Waals surface area (Å²) in [6.07, 6.45) is 0.892. The molecule has 5 nitrogen and oxygen atoms in total. The van der Waals surface area contributed by atoms with Crippen molar-refractivity contribution >= 4 is 21.4 Å². The number of nitrogens with zero attached hydrogens (tertiary/aromatic N) is 1. The highest BCUT2D eigenvalue weighted by atomic mass is 32.2. The number of piperazine rings is 1. The summed E-state index contributed by atoms with van der Waals surface area (Å²) in [6, 6.07) is 14.7. The number of quaternary nitrogens is 1. The molecule has 0 radical (unpaired) electrons. The average molecular weight is 361 g/mol. The molecule has 1 heterocycles. The number of hydrogen-bond acceptors (Lipinski definition) is 3. The van der Waals surface area contributed by atoms with Crippen LogP contribution in [0.3, 0.4) is 0 Å². The number of rotatable bonds is 5. The number of anilines is 2. The van der Waals surface area contributed by atoms with Crippen molar-refractivity contribution in [3.8, 4) is 0 Å². The van der Waals surface area contributed by atoms with Gasteiger partial charge in [0, 0.05) is 11.4 Å². The van der Waals surface area contributed by atoms with Crippen LogP contribution >= 0.6 is 0 Å². The van der Waals surface area contributed by atoms with E-state index in [0.29, 0.717) is 5.69 Å². The van der Waals surface area contributed by atoms with Gasteiger partial charge in [-0.15, -0.1) is 0 Å². The number of likely N-dealkylation sites (N-methyl/N-ethyl adjacent to an activating group) is 1. The van der Waals surface area contributed by atoms with Gasteiger partial charge in [0.05, 0.1) is 38.1 Å². The standard InChI is InChI=1S/C19H25N3O2S/c1-3-16-4-10-19(11-5-16)25(23,24)20-17-6-8-18(9-7-17)22-14-12-21(2)13-15-22/h4-11,20H,3,12-15H2,1-2H3/p+1. The second-order valence-corrected chi connectivity index (χ2v) is 8.28. The van der Waals surface area contributed by atoms with E-state index >= 15 is 0 Å². The van der Waals surface area contributed by atoms with E-state index in [4.69, 9.17) is 0 Å². The van der Waals surface area contributed by atoms with Crippen molar-refractivity contribution in [1.29, 1.82) is 0 Å². The lowest BCUT2D eigenvalue weighted by Gasteiger charge is -2.31. The topological polar surface area (TPSA) is 53.9 Å². The van der Waals surface area contributed by atoms with Crippen LogP contribution in [0, 0.1) is 0 Å². The molecule has 1 saturated heterocycles. The van der Waals surface area contributed by atoms with E-state index in [2.05, 4.69) is 16.7 Å². The molecule has 2 aromatic rings. The summed E-state index contributed by atoms with van der Waals surface area (Å²) in [6.45, 7) is 6.36. The third-order valence-electron chi connectivity index (χ3n) is 4.74. The van der Waals surface area contributed by atoms with Gasteiger partial charge in [0.2, 0.25) is 0 Å². The van der Waals surface area contributed by atoms with Gasteiger partial charge in [0.1, 0.15) is 0 Å². The molecule has 2 aromatic carbocycles. The quantitative estimate of drug-likeness (QED) is 0.847. The van der Waals surface area contributed by atoms with Crippen molar-refractivity contribution in [2.24, 2.45) is 0 Å². The maximum Gasteiger partial charge on any atom is 0.261 e. The van der Waals surface area contributed by atoms with E-state index in [0.717, 1.165) is 43.9 Å². The fourth-order valence-corrected chi connectivity index (χ4v) is 4.06. The minimum atomic E-state index is -3.55. The van der Waals surface area contributed by atoms with Gasteiger partial charge in [-0.1, -0.05) is 19.1 Å². The van der Waals surface area contributed by atoms with Crippen molar-refractivity contribution in [3.05, 3.63) is 54.1 Å². The van der Waals surface area contributed by atoms with Crippen LogP contribution in [0.25, 0.3) is 0 Å². The number of sulfonamides is 1. The summed E-state index contributed by atoms with van der Waals surface area (Å²) < 4.78 is 27.7. The first kappa shape index (κ1) is 17.8. The maximum absolute atomic E-state index is 12.5. The first-order valence-electron chi connectivity index (χ1n) is 8.76. The Hall–Kier alpha value is -2.05. The molecule has 0 unspecified atom stereocenters. The molecule has 0 bridgehead atoms. The number of hydrogen-bond donors (Lipinski definition) is 2. The Morgan fingerprint density at radius 2 is 1.60 bits per heavy atom. The molecule has 0 saturated carbocycles. The molecule has 3 rings (SSSR count). The second kappa shape index (κ2) is 7.45. The third-order valence-corrected chi connectivity index (χ3v) is 6.14. The predicted molar refractivity (Wildman–Crippen MR) is 102 cm³/mol. The van der Waals surface area contributed by atoms with Crippen molar-refractivity contribution in [2.45, 2.75) is 18.2 Å². The van der Waals surface area contributed by atoms with Crippen LogP contribution in [-0.2, 0) is 16.4 Å². The predicted octanol–water partition coefficient (Wildman–Crippen LogP) is 1.38. The van der Waals surface area contributed by atoms with Gasteiger partial charge in [-0.3, -0.25) is 4.72 Å². The zero-order chi connectivity index (χ0) is 17.9. The van der Waals surface area contributed by atoms with E-state index in [1.54, 1.807) is 17.0 Å². The molecule has 134 valence electrons. The zero-order valence-corrected chi connectivity index (χ0v) is 15.6. The molecule has 0 amide bonds. The first-order valence-corrected chi connectivity index (χ1v) is 10.2. The number of benzene rings is 2. The lowest BCUT2D eigenvalue weighted by atomic mass is 10.2. The average Bonchev–Trinajstić information content (AvgIpc) is 2.63. The van der Waals surface area contributed by atoms with Crippen LogP contribution in [0.1, 0.15) is 12.5 Å². The minimum absolute atomic E-state index is 0.288. The summed E-state index contributed by atoms with van der Waals surface area (Å²) in [5.74, 6) is 0. The molecule has 0 aromatic heterocycles.